The van der Waals surface area contributed by atoms with Gasteiger partial charge < -0.3 is 4.74 Å². The molecule has 3 aliphatic rings. The van der Waals surface area contributed by atoms with Crippen molar-refractivity contribution in [2.24, 2.45) is 11.8 Å². The molecule has 3 rings (SSSR count). The van der Waals surface area contributed by atoms with E-state index in [1.54, 1.807) is 5.57 Å². The summed E-state index contributed by atoms with van der Waals surface area (Å²) in [6.07, 6.45) is 9.38. The Hall–Kier alpha value is -0.790. The summed E-state index contributed by atoms with van der Waals surface area (Å²) in [4.78, 5) is 11.3. The maximum atomic E-state index is 11.3. The standard InChI is InChI=1S/C12H16O2/c13-11-7-9-5-1-3-8-4-2-6-10(8)12(9)14-11/h3,9-10,12H,1-2,4-7H2. The molecule has 1 saturated carbocycles. The quantitative estimate of drug-likeness (QED) is 0.435. The van der Waals surface area contributed by atoms with Crippen molar-refractivity contribution in [3.63, 3.8) is 0 Å². The van der Waals surface area contributed by atoms with E-state index >= 15 is 0 Å². The molecule has 2 heteroatoms. The van der Waals surface area contributed by atoms with Crippen molar-refractivity contribution in [2.45, 2.75) is 44.6 Å². The Morgan fingerprint density at radius 1 is 1.36 bits per heavy atom. The second kappa shape index (κ2) is 3.11. The summed E-state index contributed by atoms with van der Waals surface area (Å²) in [5.74, 6) is 1.13. The molecule has 0 bridgehead atoms. The molecule has 1 aliphatic heterocycles. The van der Waals surface area contributed by atoms with Crippen LogP contribution in [0.25, 0.3) is 0 Å². The van der Waals surface area contributed by atoms with Crippen LogP contribution in [-0.4, -0.2) is 12.1 Å². The number of allylic oxidation sites excluding steroid dienone is 1. The Bertz CT molecular complexity index is 293. The highest BCUT2D eigenvalue weighted by molar-refractivity contribution is 5.72. The van der Waals surface area contributed by atoms with E-state index < -0.39 is 0 Å². The first kappa shape index (κ1) is 8.51. The molecule has 1 saturated heterocycles. The molecule has 0 aromatic rings. The number of carbonyl (C=O) groups is 1. The van der Waals surface area contributed by atoms with Crippen molar-refractivity contribution in [3.05, 3.63) is 11.6 Å². The van der Waals surface area contributed by atoms with Crippen LogP contribution in [0.4, 0.5) is 0 Å². The lowest BCUT2D eigenvalue weighted by atomic mass is 9.88. The van der Waals surface area contributed by atoms with Gasteiger partial charge in [-0.3, -0.25) is 4.79 Å². The fraction of sp³-hybridized carbons (Fsp3) is 0.750. The number of esters is 1. The average Bonchev–Trinajstić information content (AvgIpc) is 2.70. The fourth-order valence-electron chi connectivity index (χ4n) is 3.31. The van der Waals surface area contributed by atoms with Crippen LogP contribution in [0.3, 0.4) is 0 Å². The van der Waals surface area contributed by atoms with Gasteiger partial charge in [-0.2, -0.15) is 0 Å². The summed E-state index contributed by atoms with van der Waals surface area (Å²) < 4.78 is 5.48. The molecule has 0 spiro atoms. The molecule has 0 aromatic carbocycles. The van der Waals surface area contributed by atoms with E-state index in [-0.39, 0.29) is 12.1 Å². The molecule has 76 valence electrons. The summed E-state index contributed by atoms with van der Waals surface area (Å²) in [5, 5.41) is 0. The Morgan fingerprint density at radius 3 is 3.21 bits per heavy atom. The molecule has 0 N–H and O–H groups in total. The van der Waals surface area contributed by atoms with Gasteiger partial charge >= 0.3 is 5.97 Å². The topological polar surface area (TPSA) is 26.3 Å². The lowest BCUT2D eigenvalue weighted by Gasteiger charge is -2.21. The summed E-state index contributed by atoms with van der Waals surface area (Å²) in [5.41, 5.74) is 1.58. The molecule has 3 atom stereocenters. The van der Waals surface area contributed by atoms with E-state index in [1.807, 2.05) is 0 Å². The monoisotopic (exact) mass is 192 g/mol. The van der Waals surface area contributed by atoms with E-state index in [2.05, 4.69) is 6.08 Å². The lowest BCUT2D eigenvalue weighted by Crippen LogP contribution is -2.24. The maximum Gasteiger partial charge on any atom is 0.306 e. The molecule has 2 aliphatic carbocycles. The van der Waals surface area contributed by atoms with Gasteiger partial charge in [0.15, 0.2) is 0 Å². The van der Waals surface area contributed by atoms with Gasteiger partial charge in [-0.25, -0.2) is 0 Å². The number of hydrogen-bond donors (Lipinski definition) is 0. The maximum absolute atomic E-state index is 11.3. The zero-order chi connectivity index (χ0) is 9.54. The van der Waals surface area contributed by atoms with E-state index in [0.717, 1.165) is 12.8 Å². The highest BCUT2D eigenvalue weighted by Crippen LogP contribution is 2.44. The molecule has 2 fully saturated rings. The molecule has 14 heavy (non-hydrogen) atoms. The third-order valence-electron chi connectivity index (χ3n) is 3.96. The van der Waals surface area contributed by atoms with Crippen LogP contribution >= 0.6 is 0 Å². The molecule has 0 amide bonds. The van der Waals surface area contributed by atoms with Crippen molar-refractivity contribution in [1.82, 2.24) is 0 Å². The minimum absolute atomic E-state index is 0.0353. The van der Waals surface area contributed by atoms with Crippen molar-refractivity contribution in [1.29, 1.82) is 0 Å². The zero-order valence-corrected chi connectivity index (χ0v) is 8.37. The smallest absolute Gasteiger partial charge is 0.306 e. The van der Waals surface area contributed by atoms with Crippen LogP contribution in [0.2, 0.25) is 0 Å². The van der Waals surface area contributed by atoms with Crippen molar-refractivity contribution >= 4 is 5.97 Å². The summed E-state index contributed by atoms with van der Waals surface area (Å²) >= 11 is 0. The molecular formula is C12H16O2. The van der Waals surface area contributed by atoms with Crippen molar-refractivity contribution in [3.8, 4) is 0 Å². The second-order valence-corrected chi connectivity index (χ2v) is 4.77. The van der Waals surface area contributed by atoms with Gasteiger partial charge in [-0.05, 0) is 32.1 Å². The van der Waals surface area contributed by atoms with Crippen LogP contribution < -0.4 is 0 Å². The highest BCUT2D eigenvalue weighted by Gasteiger charge is 2.43. The van der Waals surface area contributed by atoms with E-state index in [0.29, 0.717) is 18.3 Å². The van der Waals surface area contributed by atoms with Crippen molar-refractivity contribution < 1.29 is 9.53 Å². The molecule has 3 unspecified atom stereocenters. The van der Waals surface area contributed by atoms with Gasteiger partial charge in [0.25, 0.3) is 0 Å². The van der Waals surface area contributed by atoms with Gasteiger partial charge in [-0.15, -0.1) is 0 Å². The van der Waals surface area contributed by atoms with E-state index in [4.69, 9.17) is 4.74 Å². The Labute approximate surface area is 84.3 Å². The zero-order valence-electron chi connectivity index (χ0n) is 8.37. The Kier molecular flexibility index (Phi) is 1.89. The number of ether oxygens (including phenoxy) is 1. The molecular weight excluding hydrogens is 176 g/mol. The minimum atomic E-state index is 0.0353. The minimum Gasteiger partial charge on any atom is -0.461 e. The third kappa shape index (κ3) is 1.20. The number of fused-ring (bicyclic) bond motifs is 3. The SMILES string of the molecule is O=C1CC2CCC=C3CCCC3C2O1. The first-order valence-corrected chi connectivity index (χ1v) is 5.73. The van der Waals surface area contributed by atoms with Crippen LogP contribution in [0.5, 0.6) is 0 Å². The number of rotatable bonds is 0. The molecule has 0 aromatic heterocycles. The van der Waals surface area contributed by atoms with Crippen LogP contribution in [0.15, 0.2) is 11.6 Å². The van der Waals surface area contributed by atoms with Gasteiger partial charge in [0.1, 0.15) is 6.10 Å². The second-order valence-electron chi connectivity index (χ2n) is 4.77. The number of carbonyl (C=O) groups excluding carboxylic acids is 1. The van der Waals surface area contributed by atoms with Crippen LogP contribution in [0, 0.1) is 11.8 Å². The summed E-state index contributed by atoms with van der Waals surface area (Å²) in [7, 11) is 0. The summed E-state index contributed by atoms with van der Waals surface area (Å²) in [6.45, 7) is 0. The first-order valence-electron chi connectivity index (χ1n) is 5.73. The van der Waals surface area contributed by atoms with Crippen molar-refractivity contribution in [2.75, 3.05) is 0 Å². The normalized spacial score (nSPS) is 41.0. The van der Waals surface area contributed by atoms with Crippen LogP contribution in [-0.2, 0) is 9.53 Å². The molecule has 2 nitrogen and oxygen atoms in total. The van der Waals surface area contributed by atoms with Gasteiger partial charge in [0.05, 0.1) is 6.42 Å². The Morgan fingerprint density at radius 2 is 2.29 bits per heavy atom. The fourth-order valence-corrected chi connectivity index (χ4v) is 3.31. The van der Waals surface area contributed by atoms with Gasteiger partial charge in [0.2, 0.25) is 0 Å². The summed E-state index contributed by atoms with van der Waals surface area (Å²) in [6, 6.07) is 0. The van der Waals surface area contributed by atoms with E-state index in [9.17, 15) is 4.79 Å². The predicted octanol–water partition coefficient (Wildman–Crippen LogP) is 2.44. The predicted molar refractivity (Wildman–Crippen MR) is 52.6 cm³/mol. The lowest BCUT2D eigenvalue weighted by molar-refractivity contribution is -0.142. The molecule has 0 radical (unpaired) electrons. The van der Waals surface area contributed by atoms with Gasteiger partial charge in [0, 0.05) is 11.8 Å². The van der Waals surface area contributed by atoms with E-state index in [1.165, 1.54) is 19.3 Å². The highest BCUT2D eigenvalue weighted by atomic mass is 16.6. The first-order chi connectivity index (χ1) is 6.84. The third-order valence-corrected chi connectivity index (χ3v) is 3.96. The van der Waals surface area contributed by atoms with Gasteiger partial charge in [-0.1, -0.05) is 11.6 Å². The Balaban J connectivity index is 1.89. The number of hydrogen-bond acceptors (Lipinski definition) is 2. The largest absolute Gasteiger partial charge is 0.461 e. The molecule has 1 heterocycles. The van der Waals surface area contributed by atoms with Crippen LogP contribution in [0.1, 0.15) is 38.5 Å². The average molecular weight is 192 g/mol.